The maximum Gasteiger partial charge on any atom is 0.134 e. The van der Waals surface area contributed by atoms with Crippen LogP contribution in [0.15, 0.2) is 60.8 Å². The van der Waals surface area contributed by atoms with Gasteiger partial charge in [-0.25, -0.2) is 4.39 Å². The highest BCUT2D eigenvalue weighted by molar-refractivity contribution is 5.69. The molecule has 0 aliphatic heterocycles. The lowest BCUT2D eigenvalue weighted by Crippen LogP contribution is -1.98. The Morgan fingerprint density at radius 1 is 0.774 bits per heavy atom. The molecule has 1 aromatic heterocycles. The number of nitrogens with zero attached hydrogens (tertiary/aromatic N) is 1. The lowest BCUT2D eigenvalue weighted by atomic mass is 10.0. The van der Waals surface area contributed by atoms with Crippen molar-refractivity contribution in [2.24, 2.45) is 0 Å². The summed E-state index contributed by atoms with van der Waals surface area (Å²) in [5.41, 5.74) is 4.69. The Morgan fingerprint density at radius 2 is 1.52 bits per heavy atom. The molecule has 0 spiro atoms. The molecule has 31 heavy (non-hydrogen) atoms. The largest absolute Gasteiger partial charge is 0.493 e. The van der Waals surface area contributed by atoms with Gasteiger partial charge in [0, 0.05) is 23.4 Å². The van der Waals surface area contributed by atoms with E-state index in [2.05, 4.69) is 31.0 Å². The van der Waals surface area contributed by atoms with Gasteiger partial charge in [-0.15, -0.1) is 0 Å². The second kappa shape index (κ2) is 12.2. The first-order valence-electron chi connectivity index (χ1n) is 11.7. The number of halogens is 1. The van der Waals surface area contributed by atoms with Crippen LogP contribution in [0.3, 0.4) is 0 Å². The third kappa shape index (κ3) is 6.92. The van der Waals surface area contributed by atoms with Gasteiger partial charge < -0.3 is 4.74 Å². The van der Waals surface area contributed by atoms with E-state index in [1.807, 2.05) is 36.5 Å². The van der Waals surface area contributed by atoms with Crippen LogP contribution >= 0.6 is 0 Å². The number of hydrogen-bond acceptors (Lipinski definition) is 2. The number of aromatic nitrogens is 1. The molecule has 164 valence electrons. The molecule has 2 aromatic carbocycles. The van der Waals surface area contributed by atoms with Gasteiger partial charge in [0.25, 0.3) is 0 Å². The number of pyridine rings is 1. The van der Waals surface area contributed by atoms with Crippen LogP contribution in [0.2, 0.25) is 0 Å². The Hall–Kier alpha value is -2.68. The minimum atomic E-state index is -0.255. The molecule has 0 saturated carbocycles. The number of ether oxygens (including phenoxy) is 1. The molecule has 0 amide bonds. The third-order valence-corrected chi connectivity index (χ3v) is 5.59. The van der Waals surface area contributed by atoms with Gasteiger partial charge in [0.2, 0.25) is 0 Å². The molecular formula is C28H34FNO. The van der Waals surface area contributed by atoms with Gasteiger partial charge in [0.05, 0.1) is 12.3 Å². The van der Waals surface area contributed by atoms with E-state index in [0.29, 0.717) is 17.9 Å². The summed E-state index contributed by atoms with van der Waals surface area (Å²) in [6.45, 7) is 5.04. The second-order valence-corrected chi connectivity index (χ2v) is 8.14. The lowest BCUT2D eigenvalue weighted by molar-refractivity contribution is 0.303. The first-order valence-corrected chi connectivity index (χ1v) is 11.7. The van der Waals surface area contributed by atoms with Crippen molar-refractivity contribution < 1.29 is 9.13 Å². The highest BCUT2D eigenvalue weighted by Crippen LogP contribution is 2.28. The number of hydrogen-bond donors (Lipinski definition) is 0. The summed E-state index contributed by atoms with van der Waals surface area (Å²) in [4.78, 5) is 4.59. The SMILES string of the molecule is CCCCCCCOc1ccc(-c2ccc(-c3ccc(CCCC)cn3)cc2)c(F)c1. The van der Waals surface area contributed by atoms with Gasteiger partial charge in [-0.1, -0.05) is 76.3 Å². The van der Waals surface area contributed by atoms with E-state index in [-0.39, 0.29) is 5.82 Å². The molecular weight excluding hydrogens is 385 g/mol. The molecule has 0 aliphatic rings. The zero-order valence-electron chi connectivity index (χ0n) is 18.9. The summed E-state index contributed by atoms with van der Waals surface area (Å²) in [5.74, 6) is 0.343. The van der Waals surface area contributed by atoms with Crippen molar-refractivity contribution in [3.63, 3.8) is 0 Å². The highest BCUT2D eigenvalue weighted by atomic mass is 19.1. The number of benzene rings is 2. The fraction of sp³-hybridized carbons (Fsp3) is 0.393. The minimum Gasteiger partial charge on any atom is -0.493 e. The molecule has 2 nitrogen and oxygen atoms in total. The average Bonchev–Trinajstić information content (AvgIpc) is 2.81. The summed E-state index contributed by atoms with van der Waals surface area (Å²) >= 11 is 0. The smallest absolute Gasteiger partial charge is 0.134 e. The first-order chi connectivity index (χ1) is 15.2. The molecule has 1 heterocycles. The molecule has 0 N–H and O–H groups in total. The van der Waals surface area contributed by atoms with Crippen LogP contribution in [0.5, 0.6) is 5.75 Å². The van der Waals surface area contributed by atoms with E-state index in [0.717, 1.165) is 36.1 Å². The van der Waals surface area contributed by atoms with Gasteiger partial charge in [0.1, 0.15) is 11.6 Å². The van der Waals surface area contributed by atoms with Gasteiger partial charge in [-0.05, 0) is 48.6 Å². The minimum absolute atomic E-state index is 0.255. The molecule has 3 rings (SSSR count). The van der Waals surface area contributed by atoms with Gasteiger partial charge in [-0.3, -0.25) is 4.98 Å². The second-order valence-electron chi connectivity index (χ2n) is 8.14. The third-order valence-electron chi connectivity index (χ3n) is 5.59. The number of rotatable bonds is 12. The van der Waals surface area contributed by atoms with E-state index in [1.54, 1.807) is 6.07 Å². The molecule has 0 saturated heterocycles. The normalized spacial score (nSPS) is 10.9. The number of aryl methyl sites for hydroxylation is 1. The summed E-state index contributed by atoms with van der Waals surface area (Å²) < 4.78 is 20.4. The van der Waals surface area contributed by atoms with Crippen molar-refractivity contribution in [1.29, 1.82) is 0 Å². The van der Waals surface area contributed by atoms with E-state index >= 15 is 0 Å². The van der Waals surface area contributed by atoms with Crippen molar-refractivity contribution in [3.05, 3.63) is 72.2 Å². The van der Waals surface area contributed by atoms with E-state index < -0.39 is 0 Å². The summed E-state index contributed by atoms with van der Waals surface area (Å²) in [6.07, 6.45) is 11.3. The molecule has 3 aromatic rings. The Morgan fingerprint density at radius 3 is 2.19 bits per heavy atom. The fourth-order valence-corrected chi connectivity index (χ4v) is 3.66. The summed E-state index contributed by atoms with van der Waals surface area (Å²) in [6, 6.07) is 17.3. The quantitative estimate of drug-likeness (QED) is 0.276. The monoisotopic (exact) mass is 419 g/mol. The average molecular weight is 420 g/mol. The molecule has 0 atom stereocenters. The maximum atomic E-state index is 14.7. The molecule has 0 unspecified atom stereocenters. The van der Waals surface area contributed by atoms with E-state index in [9.17, 15) is 4.39 Å². The van der Waals surface area contributed by atoms with Crippen LogP contribution in [0.25, 0.3) is 22.4 Å². The van der Waals surface area contributed by atoms with E-state index in [4.69, 9.17) is 4.74 Å². The van der Waals surface area contributed by atoms with Crippen LogP contribution in [-0.4, -0.2) is 11.6 Å². The van der Waals surface area contributed by atoms with E-state index in [1.165, 1.54) is 43.7 Å². The number of unbranched alkanes of at least 4 members (excludes halogenated alkanes) is 5. The van der Waals surface area contributed by atoms with Crippen molar-refractivity contribution in [2.45, 2.75) is 65.2 Å². The Labute approximate surface area is 186 Å². The van der Waals surface area contributed by atoms with Crippen LogP contribution in [0, 0.1) is 5.82 Å². The van der Waals surface area contributed by atoms with Crippen LogP contribution < -0.4 is 4.74 Å². The fourth-order valence-electron chi connectivity index (χ4n) is 3.66. The van der Waals surface area contributed by atoms with Crippen molar-refractivity contribution in [1.82, 2.24) is 4.98 Å². The van der Waals surface area contributed by atoms with Gasteiger partial charge in [-0.2, -0.15) is 0 Å². The van der Waals surface area contributed by atoms with Crippen molar-refractivity contribution >= 4 is 0 Å². The van der Waals surface area contributed by atoms with Crippen LogP contribution in [0.1, 0.15) is 64.4 Å². The standard InChI is InChI=1S/C28H34FNO/c1-3-5-7-8-9-19-31-25-16-17-26(27(29)20-25)23-12-14-24(15-13-23)28-18-11-22(21-30-28)10-6-4-2/h11-18,20-21H,3-10,19H2,1-2H3. The first kappa shape index (κ1) is 23.0. The van der Waals surface area contributed by atoms with Crippen LogP contribution in [-0.2, 0) is 6.42 Å². The zero-order valence-corrected chi connectivity index (χ0v) is 18.9. The van der Waals surface area contributed by atoms with Crippen molar-refractivity contribution in [2.75, 3.05) is 6.61 Å². The lowest BCUT2D eigenvalue weighted by Gasteiger charge is -2.10. The highest BCUT2D eigenvalue weighted by Gasteiger charge is 2.08. The summed E-state index contributed by atoms with van der Waals surface area (Å²) in [7, 11) is 0. The van der Waals surface area contributed by atoms with Crippen molar-refractivity contribution in [3.8, 4) is 28.1 Å². The summed E-state index contributed by atoms with van der Waals surface area (Å²) in [5, 5.41) is 0. The molecule has 0 aliphatic carbocycles. The zero-order chi connectivity index (χ0) is 21.9. The molecule has 0 bridgehead atoms. The Kier molecular flexibility index (Phi) is 9.08. The van der Waals surface area contributed by atoms with Gasteiger partial charge in [0.15, 0.2) is 0 Å². The predicted octanol–water partition coefficient (Wildman–Crippen LogP) is 8.25. The maximum absolute atomic E-state index is 14.7. The molecule has 0 fully saturated rings. The van der Waals surface area contributed by atoms with Gasteiger partial charge >= 0.3 is 0 Å². The molecule has 0 radical (unpaired) electrons. The predicted molar refractivity (Wildman–Crippen MR) is 128 cm³/mol. The Balaban J connectivity index is 1.60. The Bertz CT molecular complexity index is 919. The van der Waals surface area contributed by atoms with Crippen LogP contribution in [0.4, 0.5) is 4.39 Å². The molecule has 3 heteroatoms. The topological polar surface area (TPSA) is 22.1 Å².